The van der Waals surface area contributed by atoms with Gasteiger partial charge in [0.1, 0.15) is 23.0 Å². The van der Waals surface area contributed by atoms with Gasteiger partial charge in [0, 0.05) is 0 Å². The lowest BCUT2D eigenvalue weighted by Gasteiger charge is -2.10. The van der Waals surface area contributed by atoms with Crippen LogP contribution in [0.15, 0.2) is 54.6 Å². The molecule has 7 heteroatoms. The summed E-state index contributed by atoms with van der Waals surface area (Å²) in [5, 5.41) is 38.3. The van der Waals surface area contributed by atoms with Gasteiger partial charge in [-0.1, -0.05) is 30.3 Å². The molecule has 0 unspecified atom stereocenters. The van der Waals surface area contributed by atoms with Gasteiger partial charge in [-0.15, -0.1) is 0 Å². The molecule has 0 fully saturated rings. The van der Waals surface area contributed by atoms with Crippen LogP contribution in [0.25, 0.3) is 11.1 Å². The first kappa shape index (κ1) is 22.2. The molecule has 0 radical (unpaired) electrons. The zero-order valence-corrected chi connectivity index (χ0v) is 17.8. The summed E-state index contributed by atoms with van der Waals surface area (Å²) in [6.45, 7) is 2.74. The van der Waals surface area contributed by atoms with Crippen molar-refractivity contribution in [1.29, 1.82) is 0 Å². The molecule has 0 aromatic heterocycles. The number of benzene rings is 3. The maximum Gasteiger partial charge on any atom is 0.163 e. The summed E-state index contributed by atoms with van der Waals surface area (Å²) in [5.41, 5.74) is 1.41. The number of carbonyl (C=O) groups excluding carboxylic acids is 2. The van der Waals surface area contributed by atoms with Crippen LogP contribution in [0.3, 0.4) is 0 Å². The van der Waals surface area contributed by atoms with Crippen LogP contribution < -0.4 is 0 Å². The van der Waals surface area contributed by atoms with Crippen molar-refractivity contribution in [2.24, 2.45) is 0 Å². The van der Waals surface area contributed by atoms with Crippen molar-refractivity contribution in [3.63, 3.8) is 0 Å². The third kappa shape index (κ3) is 5.05. The number of carbonyl (C=O) groups is 2. The Bertz CT molecular complexity index is 1060. The van der Waals surface area contributed by atoms with Crippen molar-refractivity contribution < 1.29 is 30.0 Å². The average Bonchev–Trinajstić information content (AvgIpc) is 2.67. The van der Waals surface area contributed by atoms with Gasteiger partial charge < -0.3 is 20.4 Å². The second-order valence-corrected chi connectivity index (χ2v) is 7.21. The number of phenolic OH excluding ortho intramolecular Hbond substituents is 4. The maximum absolute atomic E-state index is 11.3. The van der Waals surface area contributed by atoms with E-state index in [9.17, 15) is 24.9 Å². The largest absolute Gasteiger partial charge is 0.507 e. The minimum Gasteiger partial charge on any atom is -0.507 e. The first-order chi connectivity index (χ1) is 13.6. The average molecular weight is 506 g/mol. The number of hydrogen-bond donors (Lipinski definition) is 4. The molecule has 29 heavy (non-hydrogen) atoms. The highest BCUT2D eigenvalue weighted by Gasteiger charge is 2.16. The molecule has 0 aliphatic carbocycles. The zero-order chi connectivity index (χ0) is 21.7. The molecule has 0 saturated carbocycles. The lowest BCUT2D eigenvalue weighted by molar-refractivity contribution is 0.100. The molecule has 0 aliphatic heterocycles. The molecule has 4 N–H and O–H groups in total. The molecule has 0 atom stereocenters. The van der Waals surface area contributed by atoms with E-state index < -0.39 is 0 Å². The van der Waals surface area contributed by atoms with Crippen molar-refractivity contribution in [1.82, 2.24) is 0 Å². The van der Waals surface area contributed by atoms with Gasteiger partial charge in [-0.2, -0.15) is 0 Å². The van der Waals surface area contributed by atoms with Crippen molar-refractivity contribution in [2.75, 3.05) is 0 Å². The summed E-state index contributed by atoms with van der Waals surface area (Å²) >= 11 is 1.78. The molecule has 6 nitrogen and oxygen atoms in total. The number of phenols is 4. The number of aromatic hydroxyl groups is 4. The van der Waals surface area contributed by atoms with Gasteiger partial charge in [0.15, 0.2) is 11.6 Å². The Morgan fingerprint density at radius 3 is 1.69 bits per heavy atom. The standard InChI is InChI=1S/C14H12O3.C8H7IO3/c1-9(15)11-7-8-12(16)13(14(11)17)10-5-3-2-4-6-10;1-4(10)5-2-3-6(11)7(9)8(5)12/h2-8,16-17H,1H3;2-3,11-12H,1H3. The quantitative estimate of drug-likeness (QED) is 0.298. The summed E-state index contributed by atoms with van der Waals surface area (Å²) in [7, 11) is 0. The molecular weight excluding hydrogens is 487 g/mol. The second-order valence-electron chi connectivity index (χ2n) is 6.13. The van der Waals surface area contributed by atoms with Crippen LogP contribution in [0.1, 0.15) is 34.6 Å². The fourth-order valence-corrected chi connectivity index (χ4v) is 3.06. The van der Waals surface area contributed by atoms with E-state index in [1.165, 1.54) is 38.1 Å². The van der Waals surface area contributed by atoms with E-state index in [0.717, 1.165) is 0 Å². The first-order valence-electron chi connectivity index (χ1n) is 8.47. The lowest BCUT2D eigenvalue weighted by atomic mass is 9.99. The molecule has 0 aliphatic rings. The Morgan fingerprint density at radius 2 is 1.17 bits per heavy atom. The Balaban J connectivity index is 0.000000221. The highest BCUT2D eigenvalue weighted by Crippen LogP contribution is 2.39. The van der Waals surface area contributed by atoms with E-state index in [1.54, 1.807) is 46.9 Å². The third-order valence-corrected chi connectivity index (χ3v) is 5.14. The third-order valence-electron chi connectivity index (χ3n) is 4.07. The van der Waals surface area contributed by atoms with Gasteiger partial charge in [0.05, 0.1) is 20.3 Å². The van der Waals surface area contributed by atoms with Crippen LogP contribution in [-0.2, 0) is 0 Å². The number of halogens is 1. The van der Waals surface area contributed by atoms with Crippen molar-refractivity contribution >= 4 is 34.2 Å². The van der Waals surface area contributed by atoms with E-state index >= 15 is 0 Å². The molecule has 0 bridgehead atoms. The summed E-state index contributed by atoms with van der Waals surface area (Å²) in [4.78, 5) is 22.2. The fourth-order valence-electron chi connectivity index (χ4n) is 2.59. The highest BCUT2D eigenvalue weighted by atomic mass is 127. The van der Waals surface area contributed by atoms with Gasteiger partial charge in [0.25, 0.3) is 0 Å². The number of rotatable bonds is 3. The Morgan fingerprint density at radius 1 is 0.690 bits per heavy atom. The molecule has 3 rings (SSSR count). The normalized spacial score (nSPS) is 10.0. The van der Waals surface area contributed by atoms with Gasteiger partial charge in [-0.25, -0.2) is 0 Å². The Kier molecular flexibility index (Phi) is 7.22. The SMILES string of the molecule is CC(=O)c1ccc(O)c(-c2ccccc2)c1O.CC(=O)c1ccc(O)c(I)c1O. The Hall–Kier alpha value is -3.07. The first-order valence-corrected chi connectivity index (χ1v) is 9.55. The van der Waals surface area contributed by atoms with Crippen LogP contribution in [0, 0.1) is 3.57 Å². The lowest BCUT2D eigenvalue weighted by Crippen LogP contribution is -1.94. The number of hydrogen-bond acceptors (Lipinski definition) is 6. The van der Waals surface area contributed by atoms with Crippen LogP contribution in [-0.4, -0.2) is 32.0 Å². The van der Waals surface area contributed by atoms with E-state index in [4.69, 9.17) is 5.11 Å². The predicted octanol–water partition coefficient (Wildman–Crippen LogP) is 4.87. The van der Waals surface area contributed by atoms with Gasteiger partial charge in [-0.3, -0.25) is 9.59 Å². The fraction of sp³-hybridized carbons (Fsp3) is 0.0909. The van der Waals surface area contributed by atoms with E-state index in [-0.39, 0.29) is 45.7 Å². The van der Waals surface area contributed by atoms with Crippen LogP contribution >= 0.6 is 22.6 Å². The van der Waals surface area contributed by atoms with Crippen molar-refractivity contribution in [3.05, 3.63) is 69.3 Å². The summed E-state index contributed by atoms with van der Waals surface area (Å²) < 4.78 is 0.306. The monoisotopic (exact) mass is 506 g/mol. The molecule has 150 valence electrons. The topological polar surface area (TPSA) is 115 Å². The van der Waals surface area contributed by atoms with E-state index in [0.29, 0.717) is 14.7 Å². The second kappa shape index (κ2) is 9.42. The summed E-state index contributed by atoms with van der Waals surface area (Å²) in [6.07, 6.45) is 0. The van der Waals surface area contributed by atoms with E-state index in [2.05, 4.69) is 0 Å². The molecule has 0 spiro atoms. The Labute approximate surface area is 181 Å². The highest BCUT2D eigenvalue weighted by molar-refractivity contribution is 14.1. The van der Waals surface area contributed by atoms with Crippen molar-refractivity contribution in [3.8, 4) is 34.1 Å². The van der Waals surface area contributed by atoms with Crippen LogP contribution in [0.5, 0.6) is 23.0 Å². The van der Waals surface area contributed by atoms with Crippen LogP contribution in [0.2, 0.25) is 0 Å². The zero-order valence-electron chi connectivity index (χ0n) is 15.7. The van der Waals surface area contributed by atoms with E-state index in [1.807, 2.05) is 6.07 Å². The smallest absolute Gasteiger partial charge is 0.163 e. The maximum atomic E-state index is 11.3. The number of ketones is 2. The van der Waals surface area contributed by atoms with Gasteiger partial charge in [0.2, 0.25) is 0 Å². The predicted molar refractivity (Wildman–Crippen MR) is 118 cm³/mol. The molecule has 0 heterocycles. The number of Topliss-reactive ketones (excluding diaryl/α,β-unsaturated/α-hetero) is 2. The molecule has 3 aromatic carbocycles. The summed E-state index contributed by atoms with van der Waals surface area (Å²) in [6, 6.07) is 14.6. The van der Waals surface area contributed by atoms with Crippen molar-refractivity contribution in [2.45, 2.75) is 13.8 Å². The molecule has 0 amide bonds. The van der Waals surface area contributed by atoms with Gasteiger partial charge >= 0.3 is 0 Å². The molecule has 0 saturated heterocycles. The summed E-state index contributed by atoms with van der Waals surface area (Å²) in [5.74, 6) is -0.839. The van der Waals surface area contributed by atoms with Gasteiger partial charge in [-0.05, 0) is 66.3 Å². The minimum atomic E-state index is -0.236. The molecule has 3 aromatic rings. The van der Waals surface area contributed by atoms with Crippen LogP contribution in [0.4, 0.5) is 0 Å². The minimum absolute atomic E-state index is 0.0156. The molecular formula is C22H19IO6.